The average Bonchev–Trinajstić information content (AvgIpc) is 3.34. The number of benzene rings is 3. The van der Waals surface area contributed by atoms with Gasteiger partial charge in [-0.1, -0.05) is 89.5 Å². The molecule has 48 heavy (non-hydrogen) atoms. The van der Waals surface area contributed by atoms with Crippen LogP contribution in [0.25, 0.3) is 11.1 Å². The Bertz CT molecular complexity index is 1620. The molecule has 7 heteroatoms. The Hall–Kier alpha value is -4.13. The third-order valence-electron chi connectivity index (χ3n) is 9.67. The Morgan fingerprint density at radius 3 is 1.79 bits per heavy atom. The zero-order valence-electron chi connectivity index (χ0n) is 29.5. The van der Waals surface area contributed by atoms with E-state index < -0.39 is 12.0 Å². The molecule has 3 aromatic carbocycles. The summed E-state index contributed by atoms with van der Waals surface area (Å²) in [4.78, 5) is 47.7. The molecule has 0 spiro atoms. The van der Waals surface area contributed by atoms with E-state index >= 15 is 0 Å². The highest BCUT2D eigenvalue weighted by Crippen LogP contribution is 2.55. The number of nitrogens with zero attached hydrogens (tertiary/aromatic N) is 2. The first-order chi connectivity index (χ1) is 23.1. The minimum Gasteiger partial charge on any atom is -0.338 e. The van der Waals surface area contributed by atoms with Crippen LogP contribution in [0, 0.1) is 5.82 Å². The summed E-state index contributed by atoms with van der Waals surface area (Å²) >= 11 is 0. The molecule has 4 rings (SSSR count). The second kappa shape index (κ2) is 16.8. The molecule has 0 aromatic heterocycles. The van der Waals surface area contributed by atoms with E-state index in [4.69, 9.17) is 4.84 Å². The van der Waals surface area contributed by atoms with Crippen LogP contribution in [0.3, 0.4) is 0 Å². The predicted molar refractivity (Wildman–Crippen MR) is 191 cm³/mol. The summed E-state index contributed by atoms with van der Waals surface area (Å²) < 4.78 is 13.7. The molecule has 1 aliphatic carbocycles. The molecule has 256 valence electrons. The highest BCUT2D eigenvalue weighted by Gasteiger charge is 2.43. The molecular formula is C41H51FN2O4. The van der Waals surface area contributed by atoms with E-state index in [2.05, 4.69) is 49.2 Å². The second-order valence-electron chi connectivity index (χ2n) is 13.2. The summed E-state index contributed by atoms with van der Waals surface area (Å²) in [5, 5.41) is 1.13. The van der Waals surface area contributed by atoms with Gasteiger partial charge < -0.3 is 4.84 Å². The van der Waals surface area contributed by atoms with Crippen LogP contribution in [0.5, 0.6) is 0 Å². The maximum Gasteiger partial charge on any atom is 0.329 e. The highest BCUT2D eigenvalue weighted by molar-refractivity contribution is 6.09. The first-order valence-electron chi connectivity index (χ1n) is 17.6. The van der Waals surface area contributed by atoms with E-state index in [1.165, 1.54) is 55.5 Å². The average molecular weight is 655 g/mol. The molecule has 1 atom stereocenters. The predicted octanol–water partition coefficient (Wildman–Crippen LogP) is 9.79. The van der Waals surface area contributed by atoms with Crippen LogP contribution in [0.15, 0.2) is 65.7 Å². The minimum absolute atomic E-state index is 0.113. The Morgan fingerprint density at radius 1 is 0.771 bits per heavy atom. The third-order valence-corrected chi connectivity index (χ3v) is 9.67. The van der Waals surface area contributed by atoms with E-state index in [9.17, 15) is 18.8 Å². The monoisotopic (exact) mass is 654 g/mol. The SMILES string of the molecule is CCCCCCC1(CCCCCC)c2cc(C(=O)c3ccc(F)cc3)ccc2-c2ccc(/C(CC(C)N(OC(C)=O)C(C)=O)=N\C)cc21. The molecule has 0 saturated heterocycles. The maximum absolute atomic E-state index is 13.7. The number of hydroxylamine groups is 2. The van der Waals surface area contributed by atoms with Crippen molar-refractivity contribution in [3.8, 4) is 11.1 Å². The normalized spacial score (nSPS) is 13.9. The van der Waals surface area contributed by atoms with Gasteiger partial charge in [-0.2, -0.15) is 5.06 Å². The molecule has 6 nitrogen and oxygen atoms in total. The molecular weight excluding hydrogens is 603 g/mol. The van der Waals surface area contributed by atoms with Crippen LogP contribution in [-0.2, 0) is 19.8 Å². The van der Waals surface area contributed by atoms with Gasteiger partial charge in [0, 0.05) is 49.6 Å². The topological polar surface area (TPSA) is 76.0 Å². The van der Waals surface area contributed by atoms with Gasteiger partial charge in [-0.05, 0) is 84.0 Å². The third kappa shape index (κ3) is 8.29. The molecule has 0 bridgehead atoms. The zero-order valence-corrected chi connectivity index (χ0v) is 29.5. The Morgan fingerprint density at radius 2 is 1.29 bits per heavy atom. The highest BCUT2D eigenvalue weighted by atomic mass is 19.1. The summed E-state index contributed by atoms with van der Waals surface area (Å²) in [7, 11) is 1.75. The van der Waals surface area contributed by atoms with Crippen molar-refractivity contribution < 1.29 is 23.6 Å². The molecule has 0 saturated carbocycles. The lowest BCUT2D eigenvalue weighted by Gasteiger charge is -2.33. The first-order valence-corrected chi connectivity index (χ1v) is 17.6. The number of amides is 1. The fraction of sp³-hybridized carbons (Fsp3) is 0.463. The second-order valence-corrected chi connectivity index (χ2v) is 13.2. The van der Waals surface area contributed by atoms with Crippen LogP contribution < -0.4 is 0 Å². The van der Waals surface area contributed by atoms with Gasteiger partial charge in [0.25, 0.3) is 5.91 Å². The van der Waals surface area contributed by atoms with Crippen LogP contribution in [-0.4, -0.2) is 41.5 Å². The van der Waals surface area contributed by atoms with Crippen LogP contribution in [0.2, 0.25) is 0 Å². The summed E-state index contributed by atoms with van der Waals surface area (Å²) in [6, 6.07) is 18.0. The van der Waals surface area contributed by atoms with Crippen molar-refractivity contribution in [3.05, 3.63) is 94.3 Å². The minimum atomic E-state index is -0.546. The lowest BCUT2D eigenvalue weighted by Crippen LogP contribution is -2.39. The van der Waals surface area contributed by atoms with Gasteiger partial charge in [0.2, 0.25) is 0 Å². The molecule has 0 radical (unpaired) electrons. The smallest absolute Gasteiger partial charge is 0.329 e. The van der Waals surface area contributed by atoms with Crippen molar-refractivity contribution in [2.75, 3.05) is 7.05 Å². The van der Waals surface area contributed by atoms with Crippen molar-refractivity contribution in [2.45, 2.75) is 117 Å². The molecule has 1 unspecified atom stereocenters. The molecule has 0 heterocycles. The van der Waals surface area contributed by atoms with Gasteiger partial charge in [0.05, 0.1) is 6.04 Å². The lowest BCUT2D eigenvalue weighted by molar-refractivity contribution is -0.202. The Kier molecular flexibility index (Phi) is 12.9. The number of rotatable bonds is 16. The molecule has 0 aliphatic heterocycles. The fourth-order valence-corrected chi connectivity index (χ4v) is 7.26. The number of ketones is 1. The largest absolute Gasteiger partial charge is 0.338 e. The van der Waals surface area contributed by atoms with Gasteiger partial charge >= 0.3 is 5.97 Å². The number of unbranched alkanes of at least 4 members (excludes halogenated alkanes) is 6. The molecule has 0 fully saturated rings. The summed E-state index contributed by atoms with van der Waals surface area (Å²) in [5.74, 6) is -1.37. The first kappa shape index (κ1) is 36.7. The lowest BCUT2D eigenvalue weighted by atomic mass is 9.70. The van der Waals surface area contributed by atoms with E-state index in [0.717, 1.165) is 73.3 Å². The van der Waals surface area contributed by atoms with Gasteiger partial charge in [-0.3, -0.25) is 19.4 Å². The van der Waals surface area contributed by atoms with E-state index in [1.807, 2.05) is 13.0 Å². The number of hydrogen-bond acceptors (Lipinski definition) is 5. The van der Waals surface area contributed by atoms with Crippen molar-refractivity contribution in [1.82, 2.24) is 5.06 Å². The Balaban J connectivity index is 1.82. The van der Waals surface area contributed by atoms with Crippen LogP contribution >= 0.6 is 0 Å². The molecule has 0 N–H and O–H groups in total. The number of carbonyl (C=O) groups excluding carboxylic acids is 3. The number of hydrogen-bond donors (Lipinski definition) is 0. The number of aliphatic imine (C=N–C) groups is 1. The standard InChI is InChI=1S/C41H51FN2O4/c1-7-9-11-13-23-41(24-14-12-10-8-2)37-26-32(39(43-6)25-28(3)44(29(4)45)48-30(5)46)17-21-35(37)36-22-18-33(27-38(36)41)40(47)31-15-19-34(42)20-16-31/h15-22,26-28H,7-14,23-25H2,1-6H3/b43-39-. The van der Waals surface area contributed by atoms with Gasteiger partial charge in [0.1, 0.15) is 5.82 Å². The molecule has 1 aliphatic rings. The molecule has 3 aromatic rings. The van der Waals surface area contributed by atoms with Crippen molar-refractivity contribution in [1.29, 1.82) is 0 Å². The van der Waals surface area contributed by atoms with Crippen LogP contribution in [0.1, 0.15) is 138 Å². The zero-order chi connectivity index (χ0) is 34.8. The van der Waals surface area contributed by atoms with Crippen molar-refractivity contribution in [2.24, 2.45) is 4.99 Å². The number of halogens is 1. The van der Waals surface area contributed by atoms with Gasteiger partial charge in [0.15, 0.2) is 5.78 Å². The van der Waals surface area contributed by atoms with Crippen LogP contribution in [0.4, 0.5) is 4.39 Å². The maximum atomic E-state index is 13.7. The molecule has 1 amide bonds. The van der Waals surface area contributed by atoms with Crippen molar-refractivity contribution >= 4 is 23.4 Å². The van der Waals surface area contributed by atoms with E-state index in [1.54, 1.807) is 19.2 Å². The number of carbonyl (C=O) groups is 3. The summed E-state index contributed by atoms with van der Waals surface area (Å²) in [6.07, 6.45) is 11.4. The van der Waals surface area contributed by atoms with Crippen molar-refractivity contribution in [3.63, 3.8) is 0 Å². The van der Waals surface area contributed by atoms with E-state index in [0.29, 0.717) is 17.5 Å². The summed E-state index contributed by atoms with van der Waals surface area (Å²) in [5.41, 5.74) is 7.36. The number of fused-ring (bicyclic) bond motifs is 3. The fourth-order valence-electron chi connectivity index (χ4n) is 7.26. The van der Waals surface area contributed by atoms with E-state index in [-0.39, 0.29) is 22.9 Å². The summed E-state index contributed by atoms with van der Waals surface area (Å²) in [6.45, 7) is 8.97. The van der Waals surface area contributed by atoms with Gasteiger partial charge in [-0.25, -0.2) is 4.39 Å². The Labute approximate surface area is 285 Å². The quantitative estimate of drug-likeness (QED) is 0.0667. The van der Waals surface area contributed by atoms with Gasteiger partial charge in [-0.15, -0.1) is 0 Å².